The molecule has 19 heavy (non-hydrogen) atoms. The number of rotatable bonds is 4. The molecule has 6 heteroatoms. The molecule has 0 radical (unpaired) electrons. The number of carbonyl (C=O) groups is 2. The number of amides is 2. The third-order valence-electron chi connectivity index (χ3n) is 2.45. The quantitative estimate of drug-likeness (QED) is 0.929. The Hall–Kier alpha value is -1.26. The van der Waals surface area contributed by atoms with Gasteiger partial charge < -0.3 is 10.2 Å². The highest BCUT2D eigenvalue weighted by atomic mass is 35.5. The number of carbonyl (C=O) groups excluding carboxylic acids is 2. The Morgan fingerprint density at radius 2 is 1.89 bits per heavy atom. The van der Waals surface area contributed by atoms with Gasteiger partial charge in [-0.3, -0.25) is 9.59 Å². The molecule has 104 valence electrons. The second kappa shape index (κ2) is 6.78. The predicted octanol–water partition coefficient (Wildman–Crippen LogP) is 3.05. The lowest BCUT2D eigenvalue weighted by Crippen LogP contribution is -2.37. The van der Waals surface area contributed by atoms with Crippen LogP contribution in [0.25, 0.3) is 0 Å². The van der Waals surface area contributed by atoms with Crippen LogP contribution in [0.4, 0.5) is 5.69 Å². The van der Waals surface area contributed by atoms with E-state index in [0.717, 1.165) is 0 Å². The molecule has 0 spiro atoms. The first kappa shape index (κ1) is 15.8. The summed E-state index contributed by atoms with van der Waals surface area (Å²) in [6, 6.07) is 4.81. The van der Waals surface area contributed by atoms with Gasteiger partial charge in [-0.05, 0) is 18.2 Å². The van der Waals surface area contributed by atoms with Crippen LogP contribution in [0.5, 0.6) is 0 Å². The van der Waals surface area contributed by atoms with Crippen LogP contribution in [0.15, 0.2) is 18.2 Å². The fourth-order valence-electron chi connectivity index (χ4n) is 1.51. The zero-order valence-electron chi connectivity index (χ0n) is 11.0. The lowest BCUT2D eigenvalue weighted by molar-refractivity contribution is -0.136. The van der Waals surface area contributed by atoms with E-state index >= 15 is 0 Å². The molecule has 0 atom stereocenters. The number of hydrogen-bond acceptors (Lipinski definition) is 2. The second-order valence-corrected chi connectivity index (χ2v) is 5.34. The molecule has 0 unspecified atom stereocenters. The lowest BCUT2D eigenvalue weighted by atomic mass is 10.2. The van der Waals surface area contributed by atoms with Gasteiger partial charge >= 0.3 is 0 Å². The van der Waals surface area contributed by atoms with Crippen LogP contribution in [0.3, 0.4) is 0 Å². The van der Waals surface area contributed by atoms with Gasteiger partial charge in [0.05, 0.1) is 16.6 Å². The van der Waals surface area contributed by atoms with Gasteiger partial charge in [-0.1, -0.05) is 37.0 Å². The lowest BCUT2D eigenvalue weighted by Gasteiger charge is -2.18. The second-order valence-electron chi connectivity index (χ2n) is 4.53. The third kappa shape index (κ3) is 4.73. The van der Waals surface area contributed by atoms with Crippen LogP contribution in [0.1, 0.15) is 13.8 Å². The molecule has 0 bridgehead atoms. The summed E-state index contributed by atoms with van der Waals surface area (Å²) in [7, 11) is 1.59. The van der Waals surface area contributed by atoms with Crippen molar-refractivity contribution in [2.45, 2.75) is 13.8 Å². The maximum absolute atomic E-state index is 11.8. The van der Waals surface area contributed by atoms with Crippen molar-refractivity contribution < 1.29 is 9.59 Å². The summed E-state index contributed by atoms with van der Waals surface area (Å²) in [5.74, 6) is -0.498. The number of anilines is 1. The molecule has 2 amide bonds. The minimum absolute atomic E-state index is 0.00272. The topological polar surface area (TPSA) is 49.4 Å². The molecule has 1 aromatic carbocycles. The van der Waals surface area contributed by atoms with Crippen molar-refractivity contribution in [2.24, 2.45) is 5.92 Å². The molecule has 0 aromatic heterocycles. The van der Waals surface area contributed by atoms with Crippen molar-refractivity contribution in [3.8, 4) is 0 Å². The Bertz CT molecular complexity index is 490. The highest BCUT2D eigenvalue weighted by molar-refractivity contribution is 6.42. The van der Waals surface area contributed by atoms with Gasteiger partial charge in [0, 0.05) is 18.7 Å². The molecule has 0 heterocycles. The SMILES string of the molecule is CC(C)C(=O)N(C)CC(=O)Nc1ccc(Cl)c(Cl)c1. The smallest absolute Gasteiger partial charge is 0.243 e. The minimum atomic E-state index is -0.283. The van der Waals surface area contributed by atoms with Crippen LogP contribution in [-0.4, -0.2) is 30.3 Å². The first-order chi connectivity index (χ1) is 8.81. The highest BCUT2D eigenvalue weighted by Gasteiger charge is 2.16. The van der Waals surface area contributed by atoms with Crippen molar-refractivity contribution in [3.63, 3.8) is 0 Å². The zero-order chi connectivity index (χ0) is 14.6. The van der Waals surface area contributed by atoms with Crippen molar-refractivity contribution in [1.29, 1.82) is 0 Å². The van der Waals surface area contributed by atoms with Gasteiger partial charge in [-0.25, -0.2) is 0 Å². The fraction of sp³-hybridized carbons (Fsp3) is 0.385. The van der Waals surface area contributed by atoms with Gasteiger partial charge in [0.25, 0.3) is 0 Å². The maximum atomic E-state index is 11.8. The van der Waals surface area contributed by atoms with Gasteiger partial charge in [0.1, 0.15) is 0 Å². The summed E-state index contributed by atoms with van der Waals surface area (Å²) in [6.07, 6.45) is 0. The highest BCUT2D eigenvalue weighted by Crippen LogP contribution is 2.24. The van der Waals surface area contributed by atoms with Gasteiger partial charge in [-0.15, -0.1) is 0 Å². The summed E-state index contributed by atoms with van der Waals surface area (Å²) in [4.78, 5) is 24.8. The summed E-state index contributed by atoms with van der Waals surface area (Å²) >= 11 is 11.6. The molecule has 1 rings (SSSR count). The Balaban J connectivity index is 2.60. The van der Waals surface area contributed by atoms with Crippen LogP contribution < -0.4 is 5.32 Å². The average Bonchev–Trinajstić information content (AvgIpc) is 2.32. The standard InChI is InChI=1S/C13H16Cl2N2O2/c1-8(2)13(19)17(3)7-12(18)16-9-4-5-10(14)11(15)6-9/h4-6,8H,7H2,1-3H3,(H,16,18). The van der Waals surface area contributed by atoms with Crippen molar-refractivity contribution >= 4 is 40.7 Å². The van der Waals surface area contributed by atoms with E-state index in [0.29, 0.717) is 15.7 Å². The molecule has 0 saturated heterocycles. The Kier molecular flexibility index (Phi) is 5.63. The maximum Gasteiger partial charge on any atom is 0.243 e. The number of halogens is 2. The van der Waals surface area contributed by atoms with Gasteiger partial charge in [0.15, 0.2) is 0 Å². The first-order valence-electron chi connectivity index (χ1n) is 5.81. The van der Waals surface area contributed by atoms with E-state index < -0.39 is 0 Å². The molecule has 0 aliphatic carbocycles. The van der Waals surface area contributed by atoms with Gasteiger partial charge in [0.2, 0.25) is 11.8 Å². The summed E-state index contributed by atoms with van der Waals surface area (Å²) < 4.78 is 0. The Morgan fingerprint density at radius 3 is 2.42 bits per heavy atom. The van der Waals surface area contributed by atoms with Gasteiger partial charge in [-0.2, -0.15) is 0 Å². The van der Waals surface area contributed by atoms with Crippen LogP contribution in [-0.2, 0) is 9.59 Å². The molecule has 1 N–H and O–H groups in total. The monoisotopic (exact) mass is 302 g/mol. The van der Waals surface area contributed by atoms with Crippen LogP contribution in [0, 0.1) is 5.92 Å². The molecule has 0 aliphatic heterocycles. The van der Waals surface area contributed by atoms with E-state index in [4.69, 9.17) is 23.2 Å². The van der Waals surface area contributed by atoms with E-state index in [1.54, 1.807) is 39.1 Å². The number of nitrogens with zero attached hydrogens (tertiary/aromatic N) is 1. The van der Waals surface area contributed by atoms with E-state index in [1.165, 1.54) is 4.90 Å². The first-order valence-corrected chi connectivity index (χ1v) is 6.56. The Labute approximate surface area is 122 Å². The van der Waals surface area contributed by atoms with Crippen molar-refractivity contribution in [2.75, 3.05) is 18.9 Å². The average molecular weight is 303 g/mol. The zero-order valence-corrected chi connectivity index (χ0v) is 12.5. The normalized spacial score (nSPS) is 10.4. The number of likely N-dealkylation sites (N-methyl/N-ethyl adjacent to an activating group) is 1. The van der Waals surface area contributed by atoms with Crippen LogP contribution in [0.2, 0.25) is 10.0 Å². The molecule has 4 nitrogen and oxygen atoms in total. The van der Waals surface area contributed by atoms with E-state index in [2.05, 4.69) is 5.32 Å². The molecule has 1 aromatic rings. The fourth-order valence-corrected chi connectivity index (χ4v) is 1.81. The largest absolute Gasteiger partial charge is 0.336 e. The number of benzene rings is 1. The van der Waals surface area contributed by atoms with Crippen LogP contribution >= 0.6 is 23.2 Å². The summed E-state index contributed by atoms with van der Waals surface area (Å²) in [6.45, 7) is 3.57. The van der Waals surface area contributed by atoms with E-state index in [9.17, 15) is 9.59 Å². The molecule has 0 aliphatic rings. The number of hydrogen-bond donors (Lipinski definition) is 1. The predicted molar refractivity (Wildman–Crippen MR) is 77.6 cm³/mol. The number of nitrogens with one attached hydrogen (secondary N) is 1. The third-order valence-corrected chi connectivity index (χ3v) is 3.19. The molecule has 0 saturated carbocycles. The van der Waals surface area contributed by atoms with Crippen molar-refractivity contribution in [3.05, 3.63) is 28.2 Å². The Morgan fingerprint density at radius 1 is 1.26 bits per heavy atom. The van der Waals surface area contributed by atoms with E-state index in [-0.39, 0.29) is 24.3 Å². The molecular formula is C13H16Cl2N2O2. The van der Waals surface area contributed by atoms with Crippen molar-refractivity contribution in [1.82, 2.24) is 4.90 Å². The molecule has 0 fully saturated rings. The molecular weight excluding hydrogens is 287 g/mol. The summed E-state index contributed by atoms with van der Waals surface area (Å²) in [5.41, 5.74) is 0.546. The van der Waals surface area contributed by atoms with E-state index in [1.807, 2.05) is 0 Å². The minimum Gasteiger partial charge on any atom is -0.336 e. The summed E-state index contributed by atoms with van der Waals surface area (Å²) in [5, 5.41) is 3.45.